The number of carboxylic acids is 1. The van der Waals surface area contributed by atoms with Gasteiger partial charge in [-0.1, -0.05) is 19.1 Å². The first-order valence-corrected chi connectivity index (χ1v) is 11.4. The highest BCUT2D eigenvalue weighted by Gasteiger charge is 2.64. The van der Waals surface area contributed by atoms with Crippen LogP contribution in [0.2, 0.25) is 0 Å². The third-order valence-electron chi connectivity index (χ3n) is 6.72. The number of aromatic carboxylic acids is 1. The number of carboxylic acid groups (broad SMARTS) is 1. The average molecular weight is 512 g/mol. The van der Waals surface area contributed by atoms with Gasteiger partial charge in [0.2, 0.25) is 11.8 Å². The number of H-pyrrole nitrogens is 1. The highest BCUT2D eigenvalue weighted by atomic mass is 79.9. The molecule has 1 aromatic carbocycles. The van der Waals surface area contributed by atoms with E-state index < -0.39 is 12.0 Å². The number of piperidine rings is 1. The zero-order valence-corrected chi connectivity index (χ0v) is 19.6. The molecule has 0 unspecified atom stereocenters. The van der Waals surface area contributed by atoms with Crippen LogP contribution in [0.3, 0.4) is 0 Å². The molecule has 170 valence electrons. The molecule has 3 aromatic rings. The maximum absolute atomic E-state index is 13.4. The Labute approximate surface area is 197 Å². The summed E-state index contributed by atoms with van der Waals surface area (Å²) >= 11 is 3.32. The molecule has 1 saturated heterocycles. The lowest BCUT2D eigenvalue weighted by atomic mass is 10.0. The van der Waals surface area contributed by atoms with Crippen molar-refractivity contribution >= 4 is 50.4 Å². The number of carbonyl (C=O) groups is 3. The quantitative estimate of drug-likeness (QED) is 0.450. The van der Waals surface area contributed by atoms with Gasteiger partial charge in [0.15, 0.2) is 5.69 Å². The molecule has 5 rings (SSSR count). The van der Waals surface area contributed by atoms with E-state index in [2.05, 4.69) is 43.4 Å². The largest absolute Gasteiger partial charge is 0.476 e. The number of halogens is 1. The molecule has 0 spiro atoms. The molecule has 10 heteroatoms. The number of nitrogens with zero attached hydrogens (tertiary/aromatic N) is 3. The lowest BCUT2D eigenvalue weighted by Gasteiger charge is -2.27. The number of benzene rings is 1. The van der Waals surface area contributed by atoms with Gasteiger partial charge >= 0.3 is 5.97 Å². The molecule has 2 aromatic heterocycles. The van der Waals surface area contributed by atoms with Crippen molar-refractivity contribution in [1.29, 1.82) is 0 Å². The number of aromatic amines is 1. The van der Waals surface area contributed by atoms with Gasteiger partial charge < -0.3 is 15.3 Å². The van der Waals surface area contributed by atoms with E-state index in [-0.39, 0.29) is 35.4 Å². The number of amides is 2. The highest BCUT2D eigenvalue weighted by molar-refractivity contribution is 9.10. The summed E-state index contributed by atoms with van der Waals surface area (Å²) in [5.74, 6) is -1.06. The number of fused-ring (bicyclic) bond motifs is 2. The molecule has 0 bridgehead atoms. The summed E-state index contributed by atoms with van der Waals surface area (Å²) in [4.78, 5) is 44.0. The van der Waals surface area contributed by atoms with Crippen molar-refractivity contribution in [2.45, 2.75) is 45.2 Å². The number of likely N-dealkylation sites (tertiary alicyclic amines) is 1. The highest BCUT2D eigenvalue weighted by Crippen LogP contribution is 2.59. The molecule has 0 radical (unpaired) electrons. The minimum Gasteiger partial charge on any atom is -0.476 e. The van der Waals surface area contributed by atoms with Crippen molar-refractivity contribution in [1.82, 2.24) is 20.1 Å². The molecule has 1 saturated carbocycles. The first-order valence-electron chi connectivity index (χ1n) is 10.6. The first-order chi connectivity index (χ1) is 15.7. The van der Waals surface area contributed by atoms with Crippen LogP contribution in [-0.2, 0) is 16.0 Å². The second-order valence-electron chi connectivity index (χ2n) is 9.12. The van der Waals surface area contributed by atoms with Crippen LogP contribution in [0.1, 0.15) is 41.4 Å². The Morgan fingerprint density at radius 1 is 1.27 bits per heavy atom. The molecule has 2 aliphatic rings. The van der Waals surface area contributed by atoms with Gasteiger partial charge in [0.25, 0.3) is 0 Å². The lowest BCUT2D eigenvalue weighted by molar-refractivity contribution is -0.137. The third-order valence-corrected chi connectivity index (χ3v) is 7.16. The predicted molar refractivity (Wildman–Crippen MR) is 124 cm³/mol. The Bertz CT molecular complexity index is 1320. The molecule has 2 amide bonds. The van der Waals surface area contributed by atoms with Crippen molar-refractivity contribution in [2.75, 3.05) is 5.32 Å². The Morgan fingerprint density at radius 2 is 2.06 bits per heavy atom. The summed E-state index contributed by atoms with van der Waals surface area (Å²) < 4.78 is 0.618. The van der Waals surface area contributed by atoms with E-state index in [1.807, 2.05) is 13.0 Å². The molecule has 3 N–H and O–H groups in total. The summed E-state index contributed by atoms with van der Waals surface area (Å²) in [5.41, 5.74) is 1.97. The summed E-state index contributed by atoms with van der Waals surface area (Å²) in [7, 11) is 0. The normalized spacial score (nSPS) is 23.4. The van der Waals surface area contributed by atoms with Crippen LogP contribution in [0.5, 0.6) is 0 Å². The molecule has 2 fully saturated rings. The van der Waals surface area contributed by atoms with Crippen LogP contribution >= 0.6 is 15.9 Å². The number of carbonyl (C=O) groups excluding carboxylic acids is 2. The SMILES string of the molecule is Cc1ccc(Br)nc1NC(=O)[C@@H]1C[C@@]2(C)C[C@H]2N1C(=O)Cc1ccc2[nH]nc(C(=O)O)c2c1. The van der Waals surface area contributed by atoms with Crippen molar-refractivity contribution in [2.24, 2.45) is 5.41 Å². The molecule has 3 atom stereocenters. The minimum atomic E-state index is -1.13. The van der Waals surface area contributed by atoms with Crippen molar-refractivity contribution in [3.05, 3.63) is 51.8 Å². The van der Waals surface area contributed by atoms with Crippen LogP contribution in [0.15, 0.2) is 34.9 Å². The van der Waals surface area contributed by atoms with E-state index in [0.717, 1.165) is 12.0 Å². The van der Waals surface area contributed by atoms with E-state index in [1.54, 1.807) is 29.2 Å². The van der Waals surface area contributed by atoms with Crippen LogP contribution < -0.4 is 5.32 Å². The number of pyridine rings is 1. The Morgan fingerprint density at radius 3 is 2.82 bits per heavy atom. The summed E-state index contributed by atoms with van der Waals surface area (Å²) in [6.45, 7) is 3.97. The number of aromatic nitrogens is 3. The first kappa shape index (κ1) is 21.6. The van der Waals surface area contributed by atoms with E-state index >= 15 is 0 Å². The predicted octanol–water partition coefficient (Wildman–Crippen LogP) is 3.29. The molecule has 1 aliphatic heterocycles. The number of hydrogen-bond acceptors (Lipinski definition) is 5. The molecule has 1 aliphatic carbocycles. The van der Waals surface area contributed by atoms with Gasteiger partial charge in [0.05, 0.1) is 11.9 Å². The Kier molecular flexibility index (Phi) is 5.00. The number of nitrogens with one attached hydrogen (secondary N) is 2. The average Bonchev–Trinajstić information content (AvgIpc) is 3.10. The van der Waals surface area contributed by atoms with Crippen LogP contribution in [0.4, 0.5) is 5.82 Å². The zero-order chi connectivity index (χ0) is 23.5. The maximum Gasteiger partial charge on any atom is 0.357 e. The van der Waals surface area contributed by atoms with Gasteiger partial charge in [-0.15, -0.1) is 0 Å². The second-order valence-corrected chi connectivity index (χ2v) is 9.93. The van der Waals surface area contributed by atoms with Crippen molar-refractivity contribution in [3.8, 4) is 0 Å². The van der Waals surface area contributed by atoms with Gasteiger partial charge in [-0.2, -0.15) is 5.10 Å². The van der Waals surface area contributed by atoms with Crippen molar-refractivity contribution < 1.29 is 19.5 Å². The monoisotopic (exact) mass is 511 g/mol. The molecule has 9 nitrogen and oxygen atoms in total. The van der Waals surface area contributed by atoms with E-state index in [0.29, 0.717) is 33.3 Å². The summed E-state index contributed by atoms with van der Waals surface area (Å²) in [5, 5.41) is 19.2. The molecular weight excluding hydrogens is 490 g/mol. The minimum absolute atomic E-state index is 0.0320. The van der Waals surface area contributed by atoms with Gasteiger partial charge in [0, 0.05) is 11.4 Å². The van der Waals surface area contributed by atoms with Crippen LogP contribution in [0, 0.1) is 12.3 Å². The Balaban J connectivity index is 1.38. The summed E-state index contributed by atoms with van der Waals surface area (Å²) in [6, 6.07) is 8.29. The molecular formula is C23H22BrN5O4. The Hall–Kier alpha value is -3.27. The second kappa shape index (κ2) is 7.65. The maximum atomic E-state index is 13.4. The van der Waals surface area contributed by atoms with Gasteiger partial charge in [0.1, 0.15) is 16.5 Å². The zero-order valence-electron chi connectivity index (χ0n) is 18.1. The number of rotatable bonds is 5. The number of anilines is 1. The fourth-order valence-electron chi connectivity index (χ4n) is 4.79. The number of aryl methyl sites for hydroxylation is 1. The summed E-state index contributed by atoms with van der Waals surface area (Å²) in [6.07, 6.45) is 1.55. The van der Waals surface area contributed by atoms with Crippen LogP contribution in [0.25, 0.3) is 10.9 Å². The number of hydrogen-bond donors (Lipinski definition) is 3. The van der Waals surface area contributed by atoms with Crippen LogP contribution in [-0.4, -0.2) is 55.1 Å². The topological polar surface area (TPSA) is 128 Å². The molecule has 33 heavy (non-hydrogen) atoms. The van der Waals surface area contributed by atoms with E-state index in [1.165, 1.54) is 0 Å². The van der Waals surface area contributed by atoms with E-state index in [4.69, 9.17) is 0 Å². The van der Waals surface area contributed by atoms with E-state index in [9.17, 15) is 19.5 Å². The van der Waals surface area contributed by atoms with Gasteiger partial charge in [-0.25, -0.2) is 9.78 Å². The lowest BCUT2D eigenvalue weighted by Crippen LogP contribution is -2.46. The van der Waals surface area contributed by atoms with Gasteiger partial charge in [-0.05, 0) is 70.4 Å². The molecule has 3 heterocycles. The van der Waals surface area contributed by atoms with Crippen molar-refractivity contribution in [3.63, 3.8) is 0 Å². The fraction of sp³-hybridized carbons (Fsp3) is 0.348. The standard InChI is InChI=1S/C23H22BrN5O4/c1-11-3-6-17(24)25-20(11)26-21(31)15-9-23(2)10-16(23)29(15)18(30)8-12-4-5-14-13(7-12)19(22(32)33)28-27-14/h3-7,15-16H,8-10H2,1-2H3,(H,27,28)(H,32,33)(H,25,26,31)/t15-,16+,23-/m0/s1. The van der Waals surface area contributed by atoms with Gasteiger partial charge in [-0.3, -0.25) is 14.7 Å². The smallest absolute Gasteiger partial charge is 0.357 e. The third kappa shape index (κ3) is 3.78. The fourth-order valence-corrected chi connectivity index (χ4v) is 5.10.